The van der Waals surface area contributed by atoms with Gasteiger partial charge < -0.3 is 19.1 Å². The van der Waals surface area contributed by atoms with Gasteiger partial charge in [-0.3, -0.25) is 19.4 Å². The molecule has 0 aliphatic carbocycles. The summed E-state index contributed by atoms with van der Waals surface area (Å²) >= 11 is 14.0. The first-order valence-corrected chi connectivity index (χ1v) is 16.6. The second kappa shape index (κ2) is 14.8. The second-order valence-corrected chi connectivity index (χ2v) is 12.8. The van der Waals surface area contributed by atoms with E-state index in [1.807, 2.05) is 18.2 Å². The van der Waals surface area contributed by atoms with E-state index in [2.05, 4.69) is 70.3 Å². The molecule has 46 heavy (non-hydrogen) atoms. The third kappa shape index (κ3) is 7.62. The number of carbonyl (C=O) groups excluding carboxylic acids is 2. The fraction of sp³-hybridized carbons (Fsp3) is 0.257. The monoisotopic (exact) mass is 676 g/mol. The van der Waals surface area contributed by atoms with Crippen LogP contribution < -0.4 is 14.4 Å². The van der Waals surface area contributed by atoms with Gasteiger partial charge in [-0.2, -0.15) is 0 Å². The number of benzene rings is 4. The fourth-order valence-corrected chi connectivity index (χ4v) is 6.48. The van der Waals surface area contributed by atoms with Crippen LogP contribution in [0.1, 0.15) is 11.6 Å². The Morgan fingerprint density at radius 3 is 2.28 bits per heavy atom. The van der Waals surface area contributed by atoms with Crippen molar-refractivity contribution in [2.24, 2.45) is 0 Å². The standard InChI is InChI=1S/C35H34Cl2N4O4S/c1-39(34(42)22-41-31-19-29(36)30(37)20-33(31)45-23-35(41)43)32(21-40-15-17-44-18-16-40)26-9-7-24(8-10-26)25-11-13-27(14-12-25)38-46-28-5-3-2-4-6-28/h2-14,19-20,32,38H,15-18,21-23H2,1H3. The summed E-state index contributed by atoms with van der Waals surface area (Å²) in [5.74, 6) is -0.101. The minimum absolute atomic E-state index is 0.149. The van der Waals surface area contributed by atoms with Gasteiger partial charge in [0, 0.05) is 43.3 Å². The molecule has 238 valence electrons. The lowest BCUT2D eigenvalue weighted by Crippen LogP contribution is -2.48. The number of carbonyl (C=O) groups is 2. The van der Waals surface area contributed by atoms with Crippen LogP contribution in [-0.2, 0) is 14.3 Å². The van der Waals surface area contributed by atoms with Crippen LogP contribution in [0.25, 0.3) is 11.1 Å². The molecular formula is C35H34Cl2N4O4S. The van der Waals surface area contributed by atoms with Crippen molar-refractivity contribution < 1.29 is 19.1 Å². The number of amides is 2. The highest BCUT2D eigenvalue weighted by Gasteiger charge is 2.32. The van der Waals surface area contributed by atoms with Crippen molar-refractivity contribution in [3.8, 4) is 16.9 Å². The first kappa shape index (κ1) is 32.2. The highest BCUT2D eigenvalue weighted by molar-refractivity contribution is 8.00. The van der Waals surface area contributed by atoms with Gasteiger partial charge in [-0.05, 0) is 59.0 Å². The van der Waals surface area contributed by atoms with E-state index >= 15 is 0 Å². The van der Waals surface area contributed by atoms with Crippen molar-refractivity contribution in [3.05, 3.63) is 107 Å². The van der Waals surface area contributed by atoms with Crippen LogP contribution in [0.4, 0.5) is 11.4 Å². The molecule has 1 saturated heterocycles. The third-order valence-corrected chi connectivity index (χ3v) is 9.75. The van der Waals surface area contributed by atoms with Crippen LogP contribution in [0.5, 0.6) is 5.75 Å². The van der Waals surface area contributed by atoms with Crippen LogP contribution in [0.3, 0.4) is 0 Å². The molecule has 2 aliphatic rings. The van der Waals surface area contributed by atoms with Crippen LogP contribution in [-0.4, -0.2) is 74.7 Å². The number of fused-ring (bicyclic) bond motifs is 1. The molecular weight excluding hydrogens is 643 g/mol. The Hall–Kier alpha value is -3.73. The first-order valence-electron chi connectivity index (χ1n) is 15.0. The average molecular weight is 678 g/mol. The van der Waals surface area contributed by atoms with E-state index in [1.165, 1.54) is 4.90 Å². The maximum absolute atomic E-state index is 13.8. The van der Waals surface area contributed by atoms with E-state index in [0.29, 0.717) is 36.2 Å². The highest BCUT2D eigenvalue weighted by atomic mass is 35.5. The molecule has 1 N–H and O–H groups in total. The Bertz CT molecular complexity index is 1670. The second-order valence-electron chi connectivity index (χ2n) is 11.2. The number of hydrogen-bond donors (Lipinski definition) is 1. The van der Waals surface area contributed by atoms with Gasteiger partial charge >= 0.3 is 0 Å². The van der Waals surface area contributed by atoms with Crippen LogP contribution >= 0.6 is 35.1 Å². The van der Waals surface area contributed by atoms with Gasteiger partial charge in [0.25, 0.3) is 5.91 Å². The molecule has 1 atom stereocenters. The van der Waals surface area contributed by atoms with E-state index < -0.39 is 0 Å². The predicted molar refractivity (Wildman–Crippen MR) is 185 cm³/mol. The number of anilines is 2. The number of halogens is 2. The minimum Gasteiger partial charge on any atom is -0.482 e. The number of morpholine rings is 1. The van der Waals surface area contributed by atoms with Gasteiger partial charge in [0.2, 0.25) is 5.91 Å². The molecule has 0 aromatic heterocycles. The number of rotatable bonds is 10. The van der Waals surface area contributed by atoms with Crippen molar-refractivity contribution in [1.82, 2.24) is 9.80 Å². The number of nitrogens with one attached hydrogen (secondary N) is 1. The quantitative estimate of drug-likeness (QED) is 0.181. The first-order chi connectivity index (χ1) is 22.4. The topological polar surface area (TPSA) is 74.4 Å². The molecule has 1 unspecified atom stereocenters. The van der Waals surface area contributed by atoms with Gasteiger partial charge in [-0.15, -0.1) is 0 Å². The van der Waals surface area contributed by atoms with Gasteiger partial charge in [-0.1, -0.05) is 77.8 Å². The number of ether oxygens (including phenoxy) is 2. The third-order valence-electron chi connectivity index (χ3n) is 8.18. The van der Waals surface area contributed by atoms with Crippen molar-refractivity contribution in [3.63, 3.8) is 0 Å². The summed E-state index contributed by atoms with van der Waals surface area (Å²) in [7, 11) is 1.79. The van der Waals surface area contributed by atoms with Crippen molar-refractivity contribution in [1.29, 1.82) is 0 Å². The van der Waals surface area contributed by atoms with Crippen molar-refractivity contribution >= 4 is 58.3 Å². The van der Waals surface area contributed by atoms with Gasteiger partial charge in [0.15, 0.2) is 6.61 Å². The molecule has 6 rings (SSSR count). The highest BCUT2D eigenvalue weighted by Crippen LogP contribution is 2.39. The molecule has 0 bridgehead atoms. The van der Waals surface area contributed by atoms with Crippen LogP contribution in [0, 0.1) is 0 Å². The molecule has 2 heterocycles. The molecule has 0 saturated carbocycles. The van der Waals surface area contributed by atoms with Crippen LogP contribution in [0.2, 0.25) is 10.0 Å². The maximum atomic E-state index is 13.8. The molecule has 0 radical (unpaired) electrons. The number of hydrogen-bond acceptors (Lipinski definition) is 7. The molecule has 0 spiro atoms. The van der Waals surface area contributed by atoms with Crippen molar-refractivity contribution in [2.75, 3.05) is 62.7 Å². The number of nitrogens with zero attached hydrogens (tertiary/aromatic N) is 3. The van der Waals surface area contributed by atoms with Gasteiger partial charge in [-0.25, -0.2) is 0 Å². The summed E-state index contributed by atoms with van der Waals surface area (Å²) in [5, 5.41) is 0.605. The summed E-state index contributed by atoms with van der Waals surface area (Å²) in [5.41, 5.74) is 4.63. The van der Waals surface area contributed by atoms with Gasteiger partial charge in [0.05, 0.1) is 35.0 Å². The van der Waals surface area contributed by atoms with Crippen molar-refractivity contribution in [2.45, 2.75) is 10.9 Å². The molecule has 2 aliphatic heterocycles. The average Bonchev–Trinajstić information content (AvgIpc) is 3.09. The lowest BCUT2D eigenvalue weighted by atomic mass is 9.99. The fourth-order valence-electron chi connectivity index (χ4n) is 5.50. The van der Waals surface area contributed by atoms with E-state index in [-0.39, 0.29) is 36.0 Å². The largest absolute Gasteiger partial charge is 0.482 e. The van der Waals surface area contributed by atoms with E-state index in [1.54, 1.807) is 36.0 Å². The lowest BCUT2D eigenvalue weighted by Gasteiger charge is -2.37. The normalized spacial score (nSPS) is 15.5. The summed E-state index contributed by atoms with van der Waals surface area (Å²) in [6.07, 6.45) is 0. The maximum Gasteiger partial charge on any atom is 0.265 e. The summed E-state index contributed by atoms with van der Waals surface area (Å²) in [6, 6.07) is 29.8. The Morgan fingerprint density at radius 1 is 0.935 bits per heavy atom. The predicted octanol–water partition coefficient (Wildman–Crippen LogP) is 7.04. The SMILES string of the molecule is CN(C(=O)CN1C(=O)COc2cc(Cl)c(Cl)cc21)C(CN1CCOCC1)c1ccc(-c2ccc(NSc3ccccc3)cc2)cc1. The summed E-state index contributed by atoms with van der Waals surface area (Å²) in [6.45, 7) is 3.19. The molecule has 8 nitrogen and oxygen atoms in total. The molecule has 2 amide bonds. The van der Waals surface area contributed by atoms with Crippen LogP contribution in [0.15, 0.2) is 95.9 Å². The Morgan fingerprint density at radius 2 is 1.59 bits per heavy atom. The minimum atomic E-state index is -0.318. The molecule has 1 fully saturated rings. The van der Waals surface area contributed by atoms with Gasteiger partial charge in [0.1, 0.15) is 12.3 Å². The molecule has 11 heteroatoms. The summed E-state index contributed by atoms with van der Waals surface area (Å²) < 4.78 is 14.5. The van der Waals surface area contributed by atoms with E-state index in [0.717, 1.165) is 40.4 Å². The molecule has 4 aromatic carbocycles. The molecule has 4 aromatic rings. The lowest BCUT2D eigenvalue weighted by molar-refractivity contribution is -0.133. The van der Waals surface area contributed by atoms with E-state index in [4.69, 9.17) is 32.7 Å². The summed E-state index contributed by atoms with van der Waals surface area (Å²) in [4.78, 5) is 33.3. The zero-order valence-electron chi connectivity index (χ0n) is 25.3. The Labute approximate surface area is 283 Å². The zero-order valence-corrected chi connectivity index (χ0v) is 27.7. The Balaban J connectivity index is 1.18. The number of likely N-dealkylation sites (N-methyl/N-ethyl adjacent to an activating group) is 1. The smallest absolute Gasteiger partial charge is 0.265 e. The Kier molecular flexibility index (Phi) is 10.4. The zero-order chi connectivity index (χ0) is 32.0. The van der Waals surface area contributed by atoms with E-state index in [9.17, 15) is 9.59 Å².